The van der Waals surface area contributed by atoms with Crippen molar-refractivity contribution in [3.63, 3.8) is 0 Å². The van der Waals surface area contributed by atoms with E-state index in [0.717, 1.165) is 47.5 Å². The first kappa shape index (κ1) is 23.4. The minimum atomic E-state index is -3.74. The lowest BCUT2D eigenvalue weighted by molar-refractivity contribution is -0.347. The highest BCUT2D eigenvalue weighted by Gasteiger charge is 2.82. The second kappa shape index (κ2) is 7.72. The predicted molar refractivity (Wildman–Crippen MR) is 119 cm³/mol. The van der Waals surface area contributed by atoms with Gasteiger partial charge in [0.05, 0.1) is 6.54 Å². The monoisotopic (exact) mass is 503 g/mol. The number of alkyl halides is 2. The van der Waals surface area contributed by atoms with Crippen LogP contribution < -0.4 is 4.74 Å². The van der Waals surface area contributed by atoms with E-state index in [9.17, 15) is 13.9 Å². The molecule has 7 nitrogen and oxygen atoms in total. The third kappa shape index (κ3) is 3.28. The molecule has 0 amide bonds. The molecule has 0 unspecified atom stereocenters. The number of nitrogens with zero attached hydrogens (tertiary/aromatic N) is 5. The molecule has 4 aliphatic rings. The lowest BCUT2D eigenvalue weighted by Gasteiger charge is -2.74. The SMILES string of the molecule is CN1CC(Oc2ccc(C34CC(C(F)(F)[C@@](O)(Cn5cnnn5)c5ccc(F)cc5F)(C3)C4)cc2)C1. The summed E-state index contributed by atoms with van der Waals surface area (Å²) in [6.45, 7) is 0.948. The van der Waals surface area contributed by atoms with Gasteiger partial charge in [-0.15, -0.1) is 5.10 Å². The summed E-state index contributed by atoms with van der Waals surface area (Å²) in [5.41, 5.74) is -4.68. The molecule has 190 valence electrons. The number of hydrogen-bond donors (Lipinski definition) is 1. The first-order valence-corrected chi connectivity index (χ1v) is 11.8. The zero-order chi connectivity index (χ0) is 25.3. The maximum absolute atomic E-state index is 16.3. The van der Waals surface area contributed by atoms with Crippen LogP contribution in [0.2, 0.25) is 0 Å². The number of rotatable bonds is 8. The van der Waals surface area contributed by atoms with Crippen LogP contribution in [0.4, 0.5) is 17.6 Å². The number of likely N-dealkylation sites (tertiary alicyclic amines) is 1. The highest BCUT2D eigenvalue weighted by molar-refractivity contribution is 5.44. The van der Waals surface area contributed by atoms with Gasteiger partial charge in [0.25, 0.3) is 5.92 Å². The van der Waals surface area contributed by atoms with Crippen molar-refractivity contribution in [1.29, 1.82) is 0 Å². The van der Waals surface area contributed by atoms with Gasteiger partial charge in [0.2, 0.25) is 0 Å². The van der Waals surface area contributed by atoms with Crippen molar-refractivity contribution in [2.24, 2.45) is 5.41 Å². The Morgan fingerprint density at radius 2 is 1.78 bits per heavy atom. The molecule has 3 aromatic rings. The molecule has 4 fully saturated rings. The number of hydrogen-bond acceptors (Lipinski definition) is 6. The van der Waals surface area contributed by atoms with Crippen molar-refractivity contribution < 1.29 is 27.4 Å². The van der Waals surface area contributed by atoms with Gasteiger partial charge in [-0.25, -0.2) is 22.2 Å². The Hall–Kier alpha value is -3.05. The number of aliphatic hydroxyl groups is 1. The van der Waals surface area contributed by atoms with Crippen LogP contribution in [0.15, 0.2) is 48.8 Å². The van der Waals surface area contributed by atoms with Crippen molar-refractivity contribution in [2.45, 2.75) is 48.8 Å². The van der Waals surface area contributed by atoms with Gasteiger partial charge in [0.1, 0.15) is 29.8 Å². The Bertz CT molecular complexity index is 1260. The summed E-state index contributed by atoms with van der Waals surface area (Å²) in [7, 11) is 2.02. The summed E-state index contributed by atoms with van der Waals surface area (Å²) in [5, 5.41) is 21.9. The first-order chi connectivity index (χ1) is 17.1. The van der Waals surface area contributed by atoms with E-state index >= 15 is 8.78 Å². The van der Waals surface area contributed by atoms with Gasteiger partial charge in [0, 0.05) is 30.1 Å². The summed E-state index contributed by atoms with van der Waals surface area (Å²) in [6, 6.07) is 9.75. The van der Waals surface area contributed by atoms with Crippen molar-refractivity contribution in [3.8, 4) is 5.75 Å². The van der Waals surface area contributed by atoms with E-state index in [1.807, 2.05) is 31.3 Å². The van der Waals surface area contributed by atoms with Gasteiger partial charge in [0.15, 0.2) is 5.60 Å². The molecule has 36 heavy (non-hydrogen) atoms. The van der Waals surface area contributed by atoms with Crippen LogP contribution in [0.5, 0.6) is 5.75 Å². The third-order valence-corrected chi connectivity index (χ3v) is 8.17. The zero-order valence-electron chi connectivity index (χ0n) is 19.5. The maximum Gasteiger partial charge on any atom is 0.287 e. The van der Waals surface area contributed by atoms with Crippen molar-refractivity contribution >= 4 is 0 Å². The molecule has 1 saturated heterocycles. The lowest BCUT2D eigenvalue weighted by Crippen LogP contribution is -2.76. The molecule has 7 rings (SSSR count). The number of halogens is 4. The average molecular weight is 504 g/mol. The summed E-state index contributed by atoms with van der Waals surface area (Å²) in [6.07, 6.45) is 1.64. The average Bonchev–Trinajstić information content (AvgIpc) is 3.24. The molecular formula is C25H25F4N5O2. The standard InChI is InChI=1S/C25H25F4N5O2/c1-33-9-19(10-33)36-18-5-2-16(3-6-18)22-11-23(12-22,13-22)25(28,29)24(35,14-34-15-30-31-32-34)20-7-4-17(26)8-21(20)27/h2-8,15,19,35H,9-14H2,1H3/t22?,23?,24-/m1/s1. The predicted octanol–water partition coefficient (Wildman–Crippen LogP) is 3.29. The molecule has 2 heterocycles. The number of likely N-dealkylation sites (N-methyl/N-ethyl adjacent to an activating group) is 1. The minimum absolute atomic E-state index is 0.140. The molecular weight excluding hydrogens is 478 g/mol. The topological polar surface area (TPSA) is 76.3 Å². The van der Waals surface area contributed by atoms with Crippen LogP contribution in [-0.2, 0) is 17.6 Å². The molecule has 2 bridgehead atoms. The van der Waals surface area contributed by atoms with E-state index in [1.165, 1.54) is 0 Å². The summed E-state index contributed by atoms with van der Waals surface area (Å²) in [4.78, 5) is 2.15. The molecule has 3 aliphatic carbocycles. The van der Waals surface area contributed by atoms with Crippen molar-refractivity contribution in [1.82, 2.24) is 25.1 Å². The van der Waals surface area contributed by atoms with Crippen molar-refractivity contribution in [3.05, 3.63) is 71.6 Å². The van der Waals surface area contributed by atoms with Crippen LogP contribution >= 0.6 is 0 Å². The third-order valence-electron chi connectivity index (χ3n) is 8.17. The number of aromatic nitrogens is 4. The van der Waals surface area contributed by atoms with Crippen LogP contribution in [-0.4, -0.2) is 62.4 Å². The smallest absolute Gasteiger partial charge is 0.287 e. The lowest BCUT2D eigenvalue weighted by atomic mass is 9.30. The summed E-state index contributed by atoms with van der Waals surface area (Å²) < 4.78 is 67.6. The van der Waals surface area contributed by atoms with Gasteiger partial charge < -0.3 is 9.84 Å². The first-order valence-electron chi connectivity index (χ1n) is 11.8. The number of benzene rings is 2. The maximum atomic E-state index is 16.3. The van der Waals surface area contributed by atoms with E-state index in [4.69, 9.17) is 4.74 Å². The Kier molecular flexibility index (Phi) is 5.01. The molecule has 0 radical (unpaired) electrons. The van der Waals surface area contributed by atoms with E-state index in [-0.39, 0.29) is 25.4 Å². The van der Waals surface area contributed by atoms with Gasteiger partial charge in [-0.1, -0.05) is 12.1 Å². The minimum Gasteiger partial charge on any atom is -0.488 e. The highest BCUT2D eigenvalue weighted by Crippen LogP contribution is 2.80. The van der Waals surface area contributed by atoms with E-state index < -0.39 is 46.1 Å². The molecule has 1 aromatic heterocycles. The van der Waals surface area contributed by atoms with E-state index in [1.54, 1.807) is 0 Å². The fourth-order valence-corrected chi connectivity index (χ4v) is 6.33. The van der Waals surface area contributed by atoms with Crippen LogP contribution in [0.25, 0.3) is 0 Å². The summed E-state index contributed by atoms with van der Waals surface area (Å²) >= 11 is 0. The Balaban J connectivity index is 1.24. The number of tetrazole rings is 1. The second-order valence-corrected chi connectivity index (χ2v) is 10.6. The fourth-order valence-electron chi connectivity index (χ4n) is 6.33. The Morgan fingerprint density at radius 3 is 2.36 bits per heavy atom. The zero-order valence-corrected chi connectivity index (χ0v) is 19.5. The van der Waals surface area contributed by atoms with Gasteiger partial charge in [-0.3, -0.25) is 4.90 Å². The molecule has 1 atom stereocenters. The molecule has 0 spiro atoms. The molecule has 2 aromatic carbocycles. The van der Waals surface area contributed by atoms with Crippen LogP contribution in [0.1, 0.15) is 30.4 Å². The Morgan fingerprint density at radius 1 is 1.08 bits per heavy atom. The summed E-state index contributed by atoms with van der Waals surface area (Å²) in [5.74, 6) is -5.18. The van der Waals surface area contributed by atoms with E-state index in [2.05, 4.69) is 20.4 Å². The largest absolute Gasteiger partial charge is 0.488 e. The second-order valence-electron chi connectivity index (χ2n) is 10.6. The van der Waals surface area contributed by atoms with Crippen LogP contribution in [0, 0.1) is 17.0 Å². The van der Waals surface area contributed by atoms with Crippen LogP contribution in [0.3, 0.4) is 0 Å². The van der Waals surface area contributed by atoms with Gasteiger partial charge in [-0.05, 0) is 72.0 Å². The van der Waals surface area contributed by atoms with Gasteiger partial charge >= 0.3 is 0 Å². The van der Waals surface area contributed by atoms with E-state index in [0.29, 0.717) is 6.07 Å². The molecule has 1 N–H and O–H groups in total. The normalized spacial score (nSPS) is 27.5. The highest BCUT2D eigenvalue weighted by atomic mass is 19.3. The van der Waals surface area contributed by atoms with Gasteiger partial charge in [-0.2, -0.15) is 0 Å². The Labute approximate surface area is 204 Å². The fraction of sp³-hybridized carbons (Fsp3) is 0.480. The molecule has 1 aliphatic heterocycles. The molecule has 11 heteroatoms. The molecule has 3 saturated carbocycles. The number of ether oxygens (including phenoxy) is 1. The quantitative estimate of drug-likeness (QED) is 0.476. The van der Waals surface area contributed by atoms with Crippen molar-refractivity contribution in [2.75, 3.05) is 20.1 Å².